The van der Waals surface area contributed by atoms with Crippen molar-refractivity contribution >= 4 is 17.2 Å². The predicted molar refractivity (Wildman–Crippen MR) is 76.3 cm³/mol. The van der Waals surface area contributed by atoms with Crippen LogP contribution in [-0.2, 0) is 6.42 Å². The number of carbonyl (C=O) groups excluding carboxylic acids is 1. The van der Waals surface area contributed by atoms with E-state index in [0.717, 1.165) is 23.1 Å². The van der Waals surface area contributed by atoms with Gasteiger partial charge >= 0.3 is 0 Å². The second kappa shape index (κ2) is 5.83. The van der Waals surface area contributed by atoms with E-state index in [2.05, 4.69) is 16.8 Å². The van der Waals surface area contributed by atoms with Crippen LogP contribution in [0.4, 0.5) is 0 Å². The molecule has 2 nitrogen and oxygen atoms in total. The Balaban J connectivity index is 1.93. The Morgan fingerprint density at radius 3 is 2.78 bits per heavy atom. The fourth-order valence-electron chi connectivity index (χ4n) is 1.85. The van der Waals surface area contributed by atoms with Gasteiger partial charge in [0.1, 0.15) is 0 Å². The van der Waals surface area contributed by atoms with Crippen molar-refractivity contribution in [2.24, 2.45) is 0 Å². The Labute approximate surface area is 112 Å². The van der Waals surface area contributed by atoms with Gasteiger partial charge in [0, 0.05) is 17.0 Å². The molecule has 18 heavy (non-hydrogen) atoms. The van der Waals surface area contributed by atoms with Gasteiger partial charge in [0.25, 0.3) is 5.91 Å². The van der Waals surface area contributed by atoms with Gasteiger partial charge in [-0.25, -0.2) is 0 Å². The van der Waals surface area contributed by atoms with Crippen molar-refractivity contribution in [2.45, 2.75) is 20.3 Å². The fourth-order valence-corrected chi connectivity index (χ4v) is 2.56. The Kier molecular flexibility index (Phi) is 4.15. The van der Waals surface area contributed by atoms with Crippen molar-refractivity contribution in [1.29, 1.82) is 0 Å². The average molecular weight is 259 g/mol. The molecule has 0 aliphatic carbocycles. The van der Waals surface area contributed by atoms with E-state index in [1.54, 1.807) is 11.3 Å². The first-order chi connectivity index (χ1) is 8.68. The third-order valence-electron chi connectivity index (χ3n) is 3.09. The lowest BCUT2D eigenvalue weighted by Gasteiger charge is -2.09. The minimum absolute atomic E-state index is 0.0211. The maximum atomic E-state index is 12.0. The maximum Gasteiger partial charge on any atom is 0.251 e. The van der Waals surface area contributed by atoms with Crippen LogP contribution in [0.15, 0.2) is 35.7 Å². The molecule has 0 unspecified atom stereocenters. The summed E-state index contributed by atoms with van der Waals surface area (Å²) >= 11 is 1.72. The van der Waals surface area contributed by atoms with Gasteiger partial charge in [0.15, 0.2) is 0 Å². The number of hydrogen-bond donors (Lipinski definition) is 1. The molecule has 1 N–H and O–H groups in total. The number of amides is 1. The van der Waals surface area contributed by atoms with Gasteiger partial charge in [-0.05, 0) is 48.9 Å². The highest BCUT2D eigenvalue weighted by atomic mass is 32.1. The summed E-state index contributed by atoms with van der Waals surface area (Å²) in [5, 5.41) is 5.03. The quantitative estimate of drug-likeness (QED) is 0.896. The standard InChI is InChI=1S/C15H17NOS/c1-11-5-3-7-14(12(11)2)15(17)16-9-8-13-6-4-10-18-13/h3-7,10H,8-9H2,1-2H3,(H,16,17). The minimum Gasteiger partial charge on any atom is -0.352 e. The SMILES string of the molecule is Cc1cccc(C(=O)NCCc2cccs2)c1C. The van der Waals surface area contributed by atoms with E-state index >= 15 is 0 Å². The highest BCUT2D eigenvalue weighted by Gasteiger charge is 2.09. The van der Waals surface area contributed by atoms with Crippen LogP contribution in [0.2, 0.25) is 0 Å². The summed E-state index contributed by atoms with van der Waals surface area (Å²) in [5.41, 5.74) is 2.99. The molecule has 0 aliphatic rings. The van der Waals surface area contributed by atoms with Crippen LogP contribution < -0.4 is 5.32 Å². The summed E-state index contributed by atoms with van der Waals surface area (Å²) in [5.74, 6) is 0.0211. The van der Waals surface area contributed by atoms with Crippen molar-refractivity contribution in [3.8, 4) is 0 Å². The minimum atomic E-state index is 0.0211. The molecular formula is C15H17NOS. The number of thiophene rings is 1. The van der Waals surface area contributed by atoms with Crippen molar-refractivity contribution < 1.29 is 4.79 Å². The third-order valence-corrected chi connectivity index (χ3v) is 4.02. The molecule has 2 aromatic rings. The molecular weight excluding hydrogens is 242 g/mol. The van der Waals surface area contributed by atoms with Crippen LogP contribution in [0, 0.1) is 13.8 Å². The van der Waals surface area contributed by atoms with Crippen LogP contribution in [-0.4, -0.2) is 12.5 Å². The van der Waals surface area contributed by atoms with Crippen molar-refractivity contribution in [1.82, 2.24) is 5.32 Å². The second-order valence-corrected chi connectivity index (χ2v) is 5.36. The summed E-state index contributed by atoms with van der Waals surface area (Å²) in [6, 6.07) is 9.96. The van der Waals surface area contributed by atoms with Gasteiger partial charge < -0.3 is 5.32 Å². The Morgan fingerprint density at radius 1 is 1.22 bits per heavy atom. The number of aryl methyl sites for hydroxylation is 1. The summed E-state index contributed by atoms with van der Waals surface area (Å²) in [4.78, 5) is 13.3. The summed E-state index contributed by atoms with van der Waals surface area (Å²) in [6.45, 7) is 4.70. The molecule has 0 saturated carbocycles. The third kappa shape index (κ3) is 2.99. The van der Waals surface area contributed by atoms with Crippen LogP contribution in [0.25, 0.3) is 0 Å². The first-order valence-electron chi connectivity index (χ1n) is 6.05. The predicted octanol–water partition coefficient (Wildman–Crippen LogP) is 3.34. The van der Waals surface area contributed by atoms with Crippen LogP contribution >= 0.6 is 11.3 Å². The molecule has 3 heteroatoms. The maximum absolute atomic E-state index is 12.0. The molecule has 1 aromatic carbocycles. The van der Waals surface area contributed by atoms with Gasteiger partial charge in [0.2, 0.25) is 0 Å². The lowest BCUT2D eigenvalue weighted by Crippen LogP contribution is -2.26. The zero-order valence-electron chi connectivity index (χ0n) is 10.7. The Morgan fingerprint density at radius 2 is 2.06 bits per heavy atom. The van der Waals surface area contributed by atoms with E-state index in [1.165, 1.54) is 4.88 Å². The topological polar surface area (TPSA) is 29.1 Å². The van der Waals surface area contributed by atoms with Crippen molar-refractivity contribution in [3.05, 3.63) is 57.3 Å². The number of carbonyl (C=O) groups is 1. The highest BCUT2D eigenvalue weighted by Crippen LogP contribution is 2.12. The van der Waals surface area contributed by atoms with Crippen molar-refractivity contribution in [2.75, 3.05) is 6.54 Å². The van der Waals surface area contributed by atoms with E-state index in [-0.39, 0.29) is 5.91 Å². The van der Waals surface area contributed by atoms with E-state index in [1.807, 2.05) is 38.1 Å². The molecule has 1 heterocycles. The van der Waals surface area contributed by atoms with Crippen LogP contribution in [0.1, 0.15) is 26.4 Å². The van der Waals surface area contributed by atoms with Crippen LogP contribution in [0.5, 0.6) is 0 Å². The van der Waals surface area contributed by atoms with Gasteiger partial charge in [-0.3, -0.25) is 4.79 Å². The number of benzene rings is 1. The number of hydrogen-bond acceptors (Lipinski definition) is 2. The molecule has 2 rings (SSSR count). The molecule has 0 atom stereocenters. The van der Waals surface area contributed by atoms with E-state index in [9.17, 15) is 4.79 Å². The van der Waals surface area contributed by atoms with E-state index in [4.69, 9.17) is 0 Å². The largest absolute Gasteiger partial charge is 0.352 e. The first-order valence-corrected chi connectivity index (χ1v) is 6.93. The van der Waals surface area contributed by atoms with Crippen LogP contribution in [0.3, 0.4) is 0 Å². The normalized spacial score (nSPS) is 10.3. The number of nitrogens with one attached hydrogen (secondary N) is 1. The average Bonchev–Trinajstić information content (AvgIpc) is 2.85. The van der Waals surface area contributed by atoms with Crippen molar-refractivity contribution in [3.63, 3.8) is 0 Å². The lowest BCUT2D eigenvalue weighted by molar-refractivity contribution is 0.0953. The second-order valence-electron chi connectivity index (χ2n) is 4.33. The first kappa shape index (κ1) is 12.8. The van der Waals surface area contributed by atoms with Gasteiger partial charge in [-0.15, -0.1) is 11.3 Å². The molecule has 0 saturated heterocycles. The van der Waals surface area contributed by atoms with E-state index < -0.39 is 0 Å². The van der Waals surface area contributed by atoms with Gasteiger partial charge in [0.05, 0.1) is 0 Å². The molecule has 0 spiro atoms. The molecule has 0 fully saturated rings. The zero-order valence-corrected chi connectivity index (χ0v) is 11.5. The highest BCUT2D eigenvalue weighted by molar-refractivity contribution is 7.09. The smallest absolute Gasteiger partial charge is 0.251 e. The monoisotopic (exact) mass is 259 g/mol. The zero-order chi connectivity index (χ0) is 13.0. The molecule has 0 bridgehead atoms. The molecule has 94 valence electrons. The molecule has 0 radical (unpaired) electrons. The van der Waals surface area contributed by atoms with E-state index in [0.29, 0.717) is 6.54 Å². The van der Waals surface area contributed by atoms with Gasteiger partial charge in [-0.1, -0.05) is 18.2 Å². The lowest BCUT2D eigenvalue weighted by atomic mass is 10.0. The number of rotatable bonds is 4. The van der Waals surface area contributed by atoms with Gasteiger partial charge in [-0.2, -0.15) is 0 Å². The Hall–Kier alpha value is -1.61. The summed E-state index contributed by atoms with van der Waals surface area (Å²) < 4.78 is 0. The fraction of sp³-hybridized carbons (Fsp3) is 0.267. The summed E-state index contributed by atoms with van der Waals surface area (Å²) in [7, 11) is 0. The molecule has 1 amide bonds. The molecule has 1 aromatic heterocycles. The molecule has 0 aliphatic heterocycles. The Bertz CT molecular complexity index is 531. The summed E-state index contributed by atoms with van der Waals surface area (Å²) in [6.07, 6.45) is 0.897.